The van der Waals surface area contributed by atoms with Crippen LogP contribution in [0, 0.1) is 11.3 Å². The Kier molecular flexibility index (Phi) is 2.62. The molecule has 2 heterocycles. The molecule has 0 atom stereocenters. The lowest BCUT2D eigenvalue weighted by Gasteiger charge is -2.11. The van der Waals surface area contributed by atoms with E-state index in [-0.39, 0.29) is 16.5 Å². The lowest BCUT2D eigenvalue weighted by molar-refractivity contribution is 0.475. The van der Waals surface area contributed by atoms with Crippen LogP contribution in [-0.2, 0) is 0 Å². The van der Waals surface area contributed by atoms with Crippen LogP contribution in [0.3, 0.4) is 0 Å². The quantitative estimate of drug-likeness (QED) is 0.690. The Balaban J connectivity index is 2.46. The average molecular weight is 270 g/mol. The Labute approximate surface area is 114 Å². The number of aromatic hydroxyl groups is 1. The lowest BCUT2D eigenvalue weighted by Crippen LogP contribution is -1.96. The summed E-state index contributed by atoms with van der Waals surface area (Å²) >= 11 is 6.28. The van der Waals surface area contributed by atoms with Gasteiger partial charge in [0.15, 0.2) is 0 Å². The smallest absolute Gasteiger partial charge is 0.146 e. The van der Waals surface area contributed by atoms with E-state index in [1.54, 1.807) is 6.07 Å². The first kappa shape index (κ1) is 11.6. The minimum atomic E-state index is -0.119. The van der Waals surface area contributed by atoms with E-state index in [2.05, 4.69) is 5.10 Å². The van der Waals surface area contributed by atoms with Crippen molar-refractivity contribution in [3.8, 4) is 22.9 Å². The molecule has 0 amide bonds. The second-order valence-corrected chi connectivity index (χ2v) is 4.35. The zero-order valence-electron chi connectivity index (χ0n) is 9.71. The van der Waals surface area contributed by atoms with Crippen LogP contribution < -0.4 is 0 Å². The van der Waals surface area contributed by atoms with Crippen LogP contribution in [0.1, 0.15) is 5.56 Å². The molecule has 0 radical (unpaired) electrons. The molecule has 0 aliphatic rings. The predicted molar refractivity (Wildman–Crippen MR) is 72.0 cm³/mol. The van der Waals surface area contributed by atoms with Gasteiger partial charge in [0.1, 0.15) is 22.5 Å². The Morgan fingerprint density at radius 3 is 2.63 bits per heavy atom. The molecule has 0 spiro atoms. The van der Waals surface area contributed by atoms with Gasteiger partial charge in [0.05, 0.1) is 17.3 Å². The molecule has 0 bridgehead atoms. The van der Waals surface area contributed by atoms with Crippen molar-refractivity contribution in [1.82, 2.24) is 9.61 Å². The maximum atomic E-state index is 10.3. The largest absolute Gasteiger partial charge is 0.506 e. The molecule has 1 aromatic carbocycles. The third-order valence-corrected chi connectivity index (χ3v) is 3.29. The molecule has 0 aliphatic heterocycles. The van der Waals surface area contributed by atoms with Crippen molar-refractivity contribution in [2.24, 2.45) is 0 Å². The van der Waals surface area contributed by atoms with Gasteiger partial charge < -0.3 is 5.11 Å². The number of nitriles is 1. The number of hydrogen-bond acceptors (Lipinski definition) is 3. The third-order valence-electron chi connectivity index (χ3n) is 2.94. The standard InChI is InChI=1S/C14H8ClN3O/c15-14-12(9-4-2-1-3-5-9)13(19)10(8-16)11-6-7-17-18(11)14/h1-7,19H. The van der Waals surface area contributed by atoms with Gasteiger partial charge in [0, 0.05) is 0 Å². The number of rotatable bonds is 1. The third kappa shape index (κ3) is 1.64. The Morgan fingerprint density at radius 1 is 1.21 bits per heavy atom. The summed E-state index contributed by atoms with van der Waals surface area (Å²) in [5.41, 5.74) is 1.80. The van der Waals surface area contributed by atoms with Crippen molar-refractivity contribution in [3.63, 3.8) is 0 Å². The molecule has 4 nitrogen and oxygen atoms in total. The van der Waals surface area contributed by atoms with Crippen molar-refractivity contribution in [1.29, 1.82) is 5.26 Å². The van der Waals surface area contributed by atoms with Gasteiger partial charge in [-0.3, -0.25) is 0 Å². The van der Waals surface area contributed by atoms with Crippen LogP contribution in [0.15, 0.2) is 42.6 Å². The van der Waals surface area contributed by atoms with E-state index in [1.807, 2.05) is 36.4 Å². The highest BCUT2D eigenvalue weighted by Crippen LogP contribution is 2.39. The van der Waals surface area contributed by atoms with Crippen LogP contribution in [-0.4, -0.2) is 14.7 Å². The number of halogens is 1. The van der Waals surface area contributed by atoms with Crippen molar-refractivity contribution in [2.45, 2.75) is 0 Å². The molecule has 2 aromatic heterocycles. The molecular weight excluding hydrogens is 262 g/mol. The van der Waals surface area contributed by atoms with Crippen LogP contribution in [0.2, 0.25) is 5.15 Å². The summed E-state index contributed by atoms with van der Waals surface area (Å²) in [5.74, 6) is -0.119. The minimum absolute atomic E-state index is 0.119. The van der Waals surface area contributed by atoms with Crippen molar-refractivity contribution < 1.29 is 5.11 Å². The fourth-order valence-electron chi connectivity index (χ4n) is 2.07. The summed E-state index contributed by atoms with van der Waals surface area (Å²) in [6.45, 7) is 0. The van der Waals surface area contributed by atoms with Gasteiger partial charge in [-0.05, 0) is 11.6 Å². The first-order valence-corrected chi connectivity index (χ1v) is 5.95. The molecule has 0 fully saturated rings. The number of benzene rings is 1. The van der Waals surface area contributed by atoms with Crippen molar-refractivity contribution >= 4 is 17.1 Å². The summed E-state index contributed by atoms with van der Waals surface area (Å²) in [4.78, 5) is 0. The van der Waals surface area contributed by atoms with E-state index >= 15 is 0 Å². The Morgan fingerprint density at radius 2 is 1.95 bits per heavy atom. The maximum Gasteiger partial charge on any atom is 0.146 e. The van der Waals surface area contributed by atoms with Gasteiger partial charge in [-0.15, -0.1) is 0 Å². The maximum absolute atomic E-state index is 10.3. The summed E-state index contributed by atoms with van der Waals surface area (Å²) < 4.78 is 1.45. The number of nitrogens with zero attached hydrogens (tertiary/aromatic N) is 3. The summed E-state index contributed by atoms with van der Waals surface area (Å²) in [6, 6.07) is 12.8. The van der Waals surface area contributed by atoms with E-state index in [4.69, 9.17) is 11.6 Å². The van der Waals surface area contributed by atoms with E-state index in [9.17, 15) is 10.4 Å². The highest BCUT2D eigenvalue weighted by molar-refractivity contribution is 6.33. The van der Waals surface area contributed by atoms with E-state index < -0.39 is 0 Å². The number of hydrogen-bond donors (Lipinski definition) is 1. The highest BCUT2D eigenvalue weighted by atomic mass is 35.5. The molecule has 3 aromatic rings. The summed E-state index contributed by atoms with van der Waals surface area (Å²) in [6.07, 6.45) is 1.54. The lowest BCUT2D eigenvalue weighted by atomic mass is 10.0. The molecule has 5 heteroatoms. The van der Waals surface area contributed by atoms with Crippen LogP contribution in [0.4, 0.5) is 0 Å². The number of fused-ring (bicyclic) bond motifs is 1. The fourth-order valence-corrected chi connectivity index (χ4v) is 2.40. The van der Waals surface area contributed by atoms with Crippen molar-refractivity contribution in [2.75, 3.05) is 0 Å². The number of aromatic nitrogens is 2. The normalized spacial score (nSPS) is 10.5. The zero-order chi connectivity index (χ0) is 13.4. The topological polar surface area (TPSA) is 61.3 Å². The van der Waals surface area contributed by atoms with Gasteiger partial charge in [-0.25, -0.2) is 4.52 Å². The molecule has 0 saturated carbocycles. The Hall–Kier alpha value is -2.51. The summed E-state index contributed by atoms with van der Waals surface area (Å²) in [7, 11) is 0. The SMILES string of the molecule is N#Cc1c(O)c(-c2ccccc2)c(Cl)n2nccc12. The molecule has 1 N–H and O–H groups in total. The van der Waals surface area contributed by atoms with Gasteiger partial charge in [-0.2, -0.15) is 10.4 Å². The fraction of sp³-hybridized carbons (Fsp3) is 0. The molecule has 0 saturated heterocycles. The second-order valence-electron chi connectivity index (χ2n) is 4.00. The van der Waals surface area contributed by atoms with Gasteiger partial charge in [-0.1, -0.05) is 41.9 Å². The van der Waals surface area contributed by atoms with Crippen molar-refractivity contribution in [3.05, 3.63) is 53.3 Å². The van der Waals surface area contributed by atoms with Gasteiger partial charge in [0.25, 0.3) is 0 Å². The van der Waals surface area contributed by atoms with Crippen LogP contribution >= 0.6 is 11.6 Å². The molecule has 92 valence electrons. The molecular formula is C14H8ClN3O. The van der Waals surface area contributed by atoms with E-state index in [0.717, 1.165) is 5.56 Å². The molecule has 19 heavy (non-hydrogen) atoms. The van der Waals surface area contributed by atoms with E-state index in [0.29, 0.717) is 11.1 Å². The zero-order valence-corrected chi connectivity index (χ0v) is 10.5. The van der Waals surface area contributed by atoms with Crippen LogP contribution in [0.25, 0.3) is 16.6 Å². The van der Waals surface area contributed by atoms with Crippen LogP contribution in [0.5, 0.6) is 5.75 Å². The predicted octanol–water partition coefficient (Wildman–Crippen LogP) is 3.23. The Bertz CT molecular complexity index is 803. The molecule has 3 rings (SSSR count). The second kappa shape index (κ2) is 4.30. The van der Waals surface area contributed by atoms with E-state index in [1.165, 1.54) is 10.7 Å². The minimum Gasteiger partial charge on any atom is -0.506 e. The monoisotopic (exact) mass is 269 g/mol. The molecule has 0 aliphatic carbocycles. The van der Waals surface area contributed by atoms with Gasteiger partial charge in [0.2, 0.25) is 0 Å². The number of pyridine rings is 1. The summed E-state index contributed by atoms with van der Waals surface area (Å²) in [5, 5.41) is 23.9. The molecule has 0 unspecified atom stereocenters. The first-order chi connectivity index (χ1) is 9.24. The highest BCUT2D eigenvalue weighted by Gasteiger charge is 2.19. The first-order valence-electron chi connectivity index (χ1n) is 5.57. The average Bonchev–Trinajstić information content (AvgIpc) is 2.90. The van der Waals surface area contributed by atoms with Gasteiger partial charge >= 0.3 is 0 Å².